The van der Waals surface area contributed by atoms with E-state index in [1.54, 1.807) is 7.11 Å². The molecule has 0 saturated heterocycles. The molecule has 0 aliphatic heterocycles. The first kappa shape index (κ1) is 13.7. The standard InChI is InChI=1S/C14H26O2/c1-4-12-6-5-7-13(9-12)14(15)8-11(2)10-16-3/h11-13H,4-10H2,1-3H3. The molecular weight excluding hydrogens is 200 g/mol. The molecule has 0 heterocycles. The molecule has 0 radical (unpaired) electrons. The lowest BCUT2D eigenvalue weighted by molar-refractivity contribution is -0.125. The zero-order valence-corrected chi connectivity index (χ0v) is 11.0. The fourth-order valence-electron chi connectivity index (χ4n) is 2.81. The van der Waals surface area contributed by atoms with Crippen LogP contribution in [0.25, 0.3) is 0 Å². The maximum Gasteiger partial charge on any atom is 0.136 e. The summed E-state index contributed by atoms with van der Waals surface area (Å²) in [5.74, 6) is 1.99. The van der Waals surface area contributed by atoms with Crippen LogP contribution < -0.4 is 0 Å². The van der Waals surface area contributed by atoms with Gasteiger partial charge in [-0.05, 0) is 24.7 Å². The number of Topliss-reactive ketones (excluding diaryl/α,β-unsaturated/α-hetero) is 1. The van der Waals surface area contributed by atoms with Crippen LogP contribution in [0.15, 0.2) is 0 Å². The predicted molar refractivity (Wildman–Crippen MR) is 66.4 cm³/mol. The summed E-state index contributed by atoms with van der Waals surface area (Å²) in [5.41, 5.74) is 0. The molecule has 2 heteroatoms. The van der Waals surface area contributed by atoms with Gasteiger partial charge in [-0.3, -0.25) is 4.79 Å². The van der Waals surface area contributed by atoms with Gasteiger partial charge in [-0.25, -0.2) is 0 Å². The second-order valence-corrected chi connectivity index (χ2v) is 5.37. The summed E-state index contributed by atoms with van der Waals surface area (Å²) in [6, 6.07) is 0. The van der Waals surface area contributed by atoms with Crippen molar-refractivity contribution in [1.82, 2.24) is 0 Å². The van der Waals surface area contributed by atoms with Gasteiger partial charge in [-0.2, -0.15) is 0 Å². The van der Waals surface area contributed by atoms with Gasteiger partial charge in [0, 0.05) is 26.1 Å². The van der Waals surface area contributed by atoms with E-state index >= 15 is 0 Å². The van der Waals surface area contributed by atoms with Crippen LogP contribution in [0.4, 0.5) is 0 Å². The normalized spacial score (nSPS) is 27.7. The van der Waals surface area contributed by atoms with Crippen molar-refractivity contribution in [2.45, 2.75) is 52.4 Å². The number of hydrogen-bond acceptors (Lipinski definition) is 2. The van der Waals surface area contributed by atoms with E-state index in [2.05, 4.69) is 13.8 Å². The molecule has 2 nitrogen and oxygen atoms in total. The van der Waals surface area contributed by atoms with Gasteiger partial charge in [0.1, 0.15) is 5.78 Å². The first-order valence-corrected chi connectivity index (χ1v) is 6.69. The van der Waals surface area contributed by atoms with Crippen molar-refractivity contribution >= 4 is 5.78 Å². The first-order chi connectivity index (χ1) is 7.67. The Kier molecular flexibility index (Phi) is 6.04. The highest BCUT2D eigenvalue weighted by Crippen LogP contribution is 2.32. The van der Waals surface area contributed by atoms with Crippen LogP contribution >= 0.6 is 0 Å². The lowest BCUT2D eigenvalue weighted by Crippen LogP contribution is -2.24. The van der Waals surface area contributed by atoms with Crippen LogP contribution in [-0.2, 0) is 9.53 Å². The third-order valence-electron chi connectivity index (χ3n) is 3.82. The zero-order valence-electron chi connectivity index (χ0n) is 11.0. The van der Waals surface area contributed by atoms with E-state index in [4.69, 9.17) is 4.74 Å². The Morgan fingerprint density at radius 3 is 2.81 bits per heavy atom. The number of ketones is 1. The van der Waals surface area contributed by atoms with E-state index in [1.165, 1.54) is 19.3 Å². The minimum absolute atomic E-state index is 0.345. The van der Waals surface area contributed by atoms with Gasteiger partial charge in [0.05, 0.1) is 0 Å². The summed E-state index contributed by atoms with van der Waals surface area (Å²) < 4.78 is 5.08. The SMILES string of the molecule is CCC1CCCC(C(=O)CC(C)COC)C1. The minimum atomic E-state index is 0.345. The van der Waals surface area contributed by atoms with Gasteiger partial charge < -0.3 is 4.74 Å². The van der Waals surface area contributed by atoms with Crippen LogP contribution in [0.1, 0.15) is 52.4 Å². The number of methoxy groups -OCH3 is 1. The Balaban J connectivity index is 2.35. The molecule has 0 aromatic carbocycles. The summed E-state index contributed by atoms with van der Waals surface area (Å²) in [6.45, 7) is 5.04. The van der Waals surface area contributed by atoms with E-state index in [0.717, 1.165) is 18.8 Å². The molecule has 94 valence electrons. The lowest BCUT2D eigenvalue weighted by atomic mass is 9.77. The number of carbonyl (C=O) groups excluding carboxylic acids is 1. The second-order valence-electron chi connectivity index (χ2n) is 5.37. The third kappa shape index (κ3) is 4.25. The van der Waals surface area contributed by atoms with Crippen molar-refractivity contribution in [3.05, 3.63) is 0 Å². The number of rotatable bonds is 6. The van der Waals surface area contributed by atoms with Gasteiger partial charge in [0.15, 0.2) is 0 Å². The Morgan fingerprint density at radius 1 is 1.44 bits per heavy atom. The average Bonchev–Trinajstić information content (AvgIpc) is 2.29. The third-order valence-corrected chi connectivity index (χ3v) is 3.82. The molecule has 0 bridgehead atoms. The van der Waals surface area contributed by atoms with Gasteiger partial charge in [0.25, 0.3) is 0 Å². The van der Waals surface area contributed by atoms with Crippen LogP contribution in [0.2, 0.25) is 0 Å². The van der Waals surface area contributed by atoms with E-state index in [1.807, 2.05) is 0 Å². The summed E-state index contributed by atoms with van der Waals surface area (Å²) in [4.78, 5) is 12.1. The van der Waals surface area contributed by atoms with Crippen LogP contribution in [0.5, 0.6) is 0 Å². The summed E-state index contributed by atoms with van der Waals surface area (Å²) in [6.07, 6.45) is 6.76. The van der Waals surface area contributed by atoms with Crippen molar-refractivity contribution in [2.75, 3.05) is 13.7 Å². The highest BCUT2D eigenvalue weighted by Gasteiger charge is 2.26. The topological polar surface area (TPSA) is 26.3 Å². The van der Waals surface area contributed by atoms with Crippen molar-refractivity contribution in [3.63, 3.8) is 0 Å². The van der Waals surface area contributed by atoms with Gasteiger partial charge in [-0.15, -0.1) is 0 Å². The quantitative estimate of drug-likeness (QED) is 0.693. The van der Waals surface area contributed by atoms with Gasteiger partial charge in [0.2, 0.25) is 0 Å². The van der Waals surface area contributed by atoms with E-state index in [-0.39, 0.29) is 0 Å². The van der Waals surface area contributed by atoms with Crippen LogP contribution in [0, 0.1) is 17.8 Å². The molecule has 3 atom stereocenters. The zero-order chi connectivity index (χ0) is 12.0. The van der Waals surface area contributed by atoms with Crippen LogP contribution in [0.3, 0.4) is 0 Å². The van der Waals surface area contributed by atoms with Crippen molar-refractivity contribution < 1.29 is 9.53 Å². The monoisotopic (exact) mass is 226 g/mol. The molecule has 0 aromatic rings. The second kappa shape index (κ2) is 7.05. The fraction of sp³-hybridized carbons (Fsp3) is 0.929. The molecule has 16 heavy (non-hydrogen) atoms. The summed E-state index contributed by atoms with van der Waals surface area (Å²) >= 11 is 0. The molecule has 3 unspecified atom stereocenters. The Morgan fingerprint density at radius 2 is 2.19 bits per heavy atom. The highest BCUT2D eigenvalue weighted by atomic mass is 16.5. The highest BCUT2D eigenvalue weighted by molar-refractivity contribution is 5.81. The minimum Gasteiger partial charge on any atom is -0.384 e. The van der Waals surface area contributed by atoms with Crippen molar-refractivity contribution in [2.24, 2.45) is 17.8 Å². The smallest absolute Gasteiger partial charge is 0.136 e. The molecule has 1 fully saturated rings. The predicted octanol–water partition coefficient (Wildman–Crippen LogP) is 3.44. The molecule has 1 saturated carbocycles. The molecule has 1 aliphatic rings. The van der Waals surface area contributed by atoms with Gasteiger partial charge in [-0.1, -0.05) is 33.1 Å². The van der Waals surface area contributed by atoms with Gasteiger partial charge >= 0.3 is 0 Å². The fourth-order valence-corrected chi connectivity index (χ4v) is 2.81. The molecule has 1 aliphatic carbocycles. The molecule has 0 amide bonds. The van der Waals surface area contributed by atoms with Crippen LogP contribution in [-0.4, -0.2) is 19.5 Å². The number of carbonyl (C=O) groups is 1. The van der Waals surface area contributed by atoms with E-state index in [0.29, 0.717) is 30.6 Å². The summed E-state index contributed by atoms with van der Waals surface area (Å²) in [5, 5.41) is 0. The maximum absolute atomic E-state index is 12.1. The first-order valence-electron chi connectivity index (χ1n) is 6.69. The lowest BCUT2D eigenvalue weighted by Gasteiger charge is -2.28. The van der Waals surface area contributed by atoms with Crippen molar-refractivity contribution in [3.8, 4) is 0 Å². The molecule has 1 rings (SSSR count). The number of ether oxygens (including phenoxy) is 1. The van der Waals surface area contributed by atoms with E-state index in [9.17, 15) is 4.79 Å². The maximum atomic E-state index is 12.1. The molecule has 0 aromatic heterocycles. The average molecular weight is 226 g/mol. The largest absolute Gasteiger partial charge is 0.384 e. The molecular formula is C14H26O2. The van der Waals surface area contributed by atoms with Crippen molar-refractivity contribution in [1.29, 1.82) is 0 Å². The summed E-state index contributed by atoms with van der Waals surface area (Å²) in [7, 11) is 1.70. The molecule has 0 N–H and O–H groups in total. The number of hydrogen-bond donors (Lipinski definition) is 0. The Hall–Kier alpha value is -0.370. The molecule has 0 spiro atoms. The Bertz CT molecular complexity index is 213. The Labute approximate surface area is 99.8 Å². The van der Waals surface area contributed by atoms with E-state index < -0.39 is 0 Å².